The van der Waals surface area contributed by atoms with Crippen LogP contribution >= 0.6 is 22.9 Å². The molecular formula is C17H9ClF9NO3S. The van der Waals surface area contributed by atoms with Gasteiger partial charge in [0.1, 0.15) is 10.6 Å². The number of benzene rings is 1. The SMILES string of the molecule is COC(=O)c1c(-c2ccc(Cl)cc2)csc1NC(=O)C(F)(F)C(F)(F)C(F)(F)C(F)(F)F. The van der Waals surface area contributed by atoms with E-state index < -0.39 is 46.4 Å². The molecule has 0 saturated carbocycles. The maximum absolute atomic E-state index is 13.8. The third-order valence-electron chi connectivity index (χ3n) is 3.99. The number of anilines is 1. The van der Waals surface area contributed by atoms with E-state index in [1.807, 2.05) is 0 Å². The standard InChI is InChI=1S/C17H9ClF9NO3S/c1-31-12(29)10-9(7-2-4-8(18)5-3-7)6-32-11(10)28-13(30)14(19,20)15(21,22)16(23,24)17(25,26)27/h2-6H,1H3,(H,28,30). The van der Waals surface area contributed by atoms with Gasteiger partial charge in [-0.1, -0.05) is 23.7 Å². The van der Waals surface area contributed by atoms with E-state index in [4.69, 9.17) is 11.6 Å². The third-order valence-corrected chi connectivity index (χ3v) is 5.14. The number of hydrogen-bond acceptors (Lipinski definition) is 4. The molecular weight excluding hydrogens is 505 g/mol. The number of alkyl halides is 9. The molecule has 0 aliphatic heterocycles. The summed E-state index contributed by atoms with van der Waals surface area (Å²) >= 11 is 6.06. The van der Waals surface area contributed by atoms with Gasteiger partial charge in [0.05, 0.1) is 7.11 Å². The van der Waals surface area contributed by atoms with E-state index in [1.165, 1.54) is 24.3 Å². The average molecular weight is 514 g/mol. The Bertz CT molecular complexity index is 1020. The van der Waals surface area contributed by atoms with Gasteiger partial charge in [0.2, 0.25) is 0 Å². The van der Waals surface area contributed by atoms with Crippen LogP contribution in [0.3, 0.4) is 0 Å². The fraction of sp³-hybridized carbons (Fsp3) is 0.294. The highest BCUT2D eigenvalue weighted by atomic mass is 35.5. The second-order valence-electron chi connectivity index (χ2n) is 6.03. The second kappa shape index (κ2) is 8.46. The van der Waals surface area contributed by atoms with Gasteiger partial charge >= 0.3 is 35.8 Å². The molecule has 0 saturated heterocycles. The molecule has 32 heavy (non-hydrogen) atoms. The van der Waals surface area contributed by atoms with Gasteiger partial charge in [-0.2, -0.15) is 39.5 Å². The number of hydrogen-bond donors (Lipinski definition) is 1. The minimum absolute atomic E-state index is 0.0514. The Morgan fingerprint density at radius 3 is 1.94 bits per heavy atom. The molecule has 0 radical (unpaired) electrons. The zero-order chi connectivity index (χ0) is 24.7. The molecule has 0 aliphatic carbocycles. The molecule has 0 atom stereocenters. The number of thiophene rings is 1. The van der Waals surface area contributed by atoms with E-state index in [9.17, 15) is 49.1 Å². The maximum Gasteiger partial charge on any atom is 0.460 e. The Kier molecular flexibility index (Phi) is 6.82. The molecule has 2 aromatic rings. The van der Waals surface area contributed by atoms with Crippen LogP contribution in [0.25, 0.3) is 11.1 Å². The van der Waals surface area contributed by atoms with Crippen LogP contribution in [0, 0.1) is 0 Å². The van der Waals surface area contributed by atoms with Crippen molar-refractivity contribution in [2.75, 3.05) is 12.4 Å². The zero-order valence-corrected chi connectivity index (χ0v) is 16.9. The predicted octanol–water partition coefficient (Wildman–Crippen LogP) is 6.26. The lowest BCUT2D eigenvalue weighted by Gasteiger charge is -2.32. The zero-order valence-electron chi connectivity index (χ0n) is 15.3. The molecule has 1 aromatic carbocycles. The summed E-state index contributed by atoms with van der Waals surface area (Å²) in [5.74, 6) is -25.4. The Morgan fingerprint density at radius 1 is 0.938 bits per heavy atom. The van der Waals surface area contributed by atoms with Gasteiger partial charge in [-0.05, 0) is 17.7 Å². The minimum Gasteiger partial charge on any atom is -0.465 e. The summed E-state index contributed by atoms with van der Waals surface area (Å²) in [5, 5.41) is 1.64. The lowest BCUT2D eigenvalue weighted by Crippen LogP contribution is -2.64. The van der Waals surface area contributed by atoms with E-state index in [0.717, 1.165) is 17.8 Å². The second-order valence-corrected chi connectivity index (χ2v) is 7.34. The Balaban J connectivity index is 2.49. The highest BCUT2D eigenvalue weighted by Crippen LogP contribution is 2.53. The summed E-state index contributed by atoms with van der Waals surface area (Å²) < 4.78 is 122. The van der Waals surface area contributed by atoms with Crippen molar-refractivity contribution in [1.82, 2.24) is 0 Å². The quantitative estimate of drug-likeness (QED) is 0.366. The normalized spacial score (nSPS) is 13.1. The number of esters is 1. The first-order valence-electron chi connectivity index (χ1n) is 7.96. The van der Waals surface area contributed by atoms with Crippen LogP contribution in [-0.4, -0.2) is 42.9 Å². The molecule has 176 valence electrons. The van der Waals surface area contributed by atoms with E-state index >= 15 is 0 Å². The van der Waals surface area contributed by atoms with E-state index in [0.29, 0.717) is 11.3 Å². The van der Waals surface area contributed by atoms with E-state index in [2.05, 4.69) is 4.74 Å². The summed E-state index contributed by atoms with van der Waals surface area (Å²) in [6.45, 7) is 0. The fourth-order valence-electron chi connectivity index (χ4n) is 2.30. The topological polar surface area (TPSA) is 55.4 Å². The first kappa shape index (κ1) is 25.8. The van der Waals surface area contributed by atoms with Gasteiger partial charge in [-0.25, -0.2) is 4.79 Å². The predicted molar refractivity (Wildman–Crippen MR) is 95.6 cm³/mol. The van der Waals surface area contributed by atoms with Crippen LogP contribution in [0.15, 0.2) is 29.6 Å². The van der Waals surface area contributed by atoms with Crippen LogP contribution < -0.4 is 5.32 Å². The number of halogens is 10. The Labute approximate surface area is 181 Å². The summed E-state index contributed by atoms with van der Waals surface area (Å²) in [6, 6.07) is 5.44. The average Bonchev–Trinajstić information content (AvgIpc) is 3.10. The van der Waals surface area contributed by atoms with Gasteiger partial charge in [-0.3, -0.25) is 4.79 Å². The number of rotatable bonds is 6. The maximum atomic E-state index is 13.8. The minimum atomic E-state index is -7.24. The molecule has 2 rings (SSSR count). The number of carbonyl (C=O) groups excluding carboxylic acids is 2. The van der Waals surface area contributed by atoms with Gasteiger partial charge < -0.3 is 10.1 Å². The van der Waals surface area contributed by atoms with Crippen molar-refractivity contribution in [3.8, 4) is 11.1 Å². The summed E-state index contributed by atoms with van der Waals surface area (Å²) in [5.41, 5.74) is -0.452. The molecule has 0 bridgehead atoms. The number of carbonyl (C=O) groups is 2. The third kappa shape index (κ3) is 4.25. The number of ether oxygens (including phenoxy) is 1. The van der Waals surface area contributed by atoms with Crippen LogP contribution in [0.2, 0.25) is 5.02 Å². The molecule has 15 heteroatoms. The van der Waals surface area contributed by atoms with Crippen molar-refractivity contribution < 1.29 is 53.8 Å². The Morgan fingerprint density at radius 2 is 1.47 bits per heavy atom. The molecule has 0 spiro atoms. The van der Waals surface area contributed by atoms with Crippen molar-refractivity contribution in [3.63, 3.8) is 0 Å². The first-order chi connectivity index (χ1) is 14.5. The highest BCUT2D eigenvalue weighted by Gasteiger charge is 2.83. The molecule has 1 N–H and O–H groups in total. The number of methoxy groups -OCH3 is 1. The van der Waals surface area contributed by atoms with Crippen LogP contribution in [-0.2, 0) is 9.53 Å². The van der Waals surface area contributed by atoms with Gasteiger partial charge in [0, 0.05) is 16.0 Å². The summed E-state index contributed by atoms with van der Waals surface area (Å²) in [7, 11) is 0.851. The smallest absolute Gasteiger partial charge is 0.460 e. The van der Waals surface area contributed by atoms with Crippen molar-refractivity contribution in [1.29, 1.82) is 0 Å². The number of nitrogens with one attached hydrogen (secondary N) is 1. The summed E-state index contributed by atoms with van der Waals surface area (Å²) in [6.07, 6.45) is -7.08. The molecule has 1 heterocycles. The summed E-state index contributed by atoms with van der Waals surface area (Å²) in [4.78, 5) is 23.8. The molecule has 4 nitrogen and oxygen atoms in total. The molecule has 0 aliphatic rings. The fourth-order valence-corrected chi connectivity index (χ4v) is 3.37. The van der Waals surface area contributed by atoms with Crippen LogP contribution in [0.5, 0.6) is 0 Å². The van der Waals surface area contributed by atoms with Crippen molar-refractivity contribution in [3.05, 3.63) is 40.2 Å². The van der Waals surface area contributed by atoms with E-state index in [1.54, 1.807) is 0 Å². The molecule has 0 fully saturated rings. The first-order valence-corrected chi connectivity index (χ1v) is 9.22. The lowest BCUT2D eigenvalue weighted by atomic mass is 10.0. The lowest BCUT2D eigenvalue weighted by molar-refractivity contribution is -0.388. The van der Waals surface area contributed by atoms with Crippen molar-refractivity contribution in [2.24, 2.45) is 0 Å². The van der Waals surface area contributed by atoms with E-state index in [-0.39, 0.29) is 16.1 Å². The molecule has 1 aromatic heterocycles. The molecule has 0 unspecified atom stereocenters. The monoisotopic (exact) mass is 513 g/mol. The molecule has 1 amide bonds. The van der Waals surface area contributed by atoms with Gasteiger partial charge in [-0.15, -0.1) is 11.3 Å². The largest absolute Gasteiger partial charge is 0.465 e. The van der Waals surface area contributed by atoms with Crippen molar-refractivity contribution in [2.45, 2.75) is 23.9 Å². The van der Waals surface area contributed by atoms with Crippen molar-refractivity contribution >= 4 is 39.8 Å². The van der Waals surface area contributed by atoms with Gasteiger partial charge in [0.25, 0.3) is 0 Å². The van der Waals surface area contributed by atoms with Crippen LogP contribution in [0.1, 0.15) is 10.4 Å². The van der Waals surface area contributed by atoms with Gasteiger partial charge in [0.15, 0.2) is 0 Å². The number of amides is 1. The van der Waals surface area contributed by atoms with Crippen LogP contribution in [0.4, 0.5) is 44.5 Å². The highest BCUT2D eigenvalue weighted by molar-refractivity contribution is 7.15. The Hall–Kier alpha value is -2.48.